The lowest BCUT2D eigenvalue weighted by Gasteiger charge is -2.14. The van der Waals surface area contributed by atoms with E-state index < -0.39 is 0 Å². The zero-order valence-corrected chi connectivity index (χ0v) is 14.1. The summed E-state index contributed by atoms with van der Waals surface area (Å²) in [5.41, 5.74) is 7.63. The third kappa shape index (κ3) is 5.63. The van der Waals surface area contributed by atoms with Gasteiger partial charge in [-0.3, -0.25) is 4.79 Å². The Morgan fingerprint density at radius 2 is 2.00 bits per heavy atom. The Morgan fingerprint density at radius 3 is 2.52 bits per heavy atom. The average Bonchev–Trinajstić information content (AvgIpc) is 2.84. The first-order valence-electron chi connectivity index (χ1n) is 6.14. The van der Waals surface area contributed by atoms with Crippen molar-refractivity contribution in [2.24, 2.45) is 5.73 Å². The van der Waals surface area contributed by atoms with Crippen LogP contribution in [0.2, 0.25) is 0 Å². The number of hydrogen-bond acceptors (Lipinski definition) is 4. The number of halogens is 2. The third-order valence-electron chi connectivity index (χ3n) is 2.83. The lowest BCUT2D eigenvalue weighted by atomic mass is 9.98. The number of aromatic nitrogens is 1. The minimum atomic E-state index is -0.303. The fourth-order valence-corrected chi connectivity index (χ4v) is 2.56. The Bertz CT molecular complexity index is 548. The second-order valence-corrected chi connectivity index (χ2v) is 5.24. The molecule has 0 aliphatic heterocycles. The van der Waals surface area contributed by atoms with Crippen LogP contribution in [-0.2, 0) is 11.3 Å². The second-order valence-electron chi connectivity index (χ2n) is 4.30. The van der Waals surface area contributed by atoms with E-state index in [1.54, 1.807) is 11.3 Å². The highest BCUT2D eigenvalue weighted by Crippen LogP contribution is 2.15. The van der Waals surface area contributed by atoms with Gasteiger partial charge in [-0.25, -0.2) is 4.98 Å². The monoisotopic (exact) mass is 347 g/mol. The van der Waals surface area contributed by atoms with Gasteiger partial charge in [-0.2, -0.15) is 0 Å². The summed E-state index contributed by atoms with van der Waals surface area (Å²) in [4.78, 5) is 16.5. The molecule has 116 valence electrons. The van der Waals surface area contributed by atoms with Gasteiger partial charge >= 0.3 is 0 Å². The maximum absolute atomic E-state index is 12.1. The first-order valence-corrected chi connectivity index (χ1v) is 7.02. The van der Waals surface area contributed by atoms with E-state index in [9.17, 15) is 4.79 Å². The van der Waals surface area contributed by atoms with Crippen molar-refractivity contribution in [3.05, 3.63) is 52.0 Å². The molecule has 1 heterocycles. The number of nitrogens with zero attached hydrogens (tertiary/aromatic N) is 1. The van der Waals surface area contributed by atoms with Gasteiger partial charge in [0.15, 0.2) is 0 Å². The molecule has 0 aliphatic carbocycles. The summed E-state index contributed by atoms with van der Waals surface area (Å²) in [6.45, 7) is 2.70. The molecule has 1 aromatic carbocycles. The number of nitrogens with two attached hydrogens (primary N) is 1. The number of benzene rings is 1. The van der Waals surface area contributed by atoms with Crippen LogP contribution in [0.1, 0.15) is 22.2 Å². The van der Waals surface area contributed by atoms with Crippen LogP contribution in [-0.4, -0.2) is 17.4 Å². The van der Waals surface area contributed by atoms with Gasteiger partial charge in [-0.05, 0) is 12.5 Å². The number of thiazole rings is 1. The molecule has 0 spiro atoms. The molecule has 21 heavy (non-hydrogen) atoms. The minimum absolute atomic E-state index is 0. The van der Waals surface area contributed by atoms with E-state index >= 15 is 0 Å². The molecule has 0 radical (unpaired) electrons. The Balaban J connectivity index is 0.00000200. The zero-order chi connectivity index (χ0) is 13.7. The predicted molar refractivity (Wildman–Crippen MR) is 91.4 cm³/mol. The van der Waals surface area contributed by atoms with Crippen molar-refractivity contribution in [2.45, 2.75) is 19.4 Å². The topological polar surface area (TPSA) is 68.0 Å². The molecule has 0 saturated heterocycles. The van der Waals surface area contributed by atoms with Gasteiger partial charge in [-0.1, -0.05) is 30.3 Å². The number of hydrogen-bond donors (Lipinski definition) is 2. The van der Waals surface area contributed by atoms with Crippen molar-refractivity contribution in [3.8, 4) is 0 Å². The maximum Gasteiger partial charge on any atom is 0.229 e. The molecule has 2 rings (SSSR count). The third-order valence-corrected chi connectivity index (χ3v) is 3.80. The summed E-state index contributed by atoms with van der Waals surface area (Å²) in [6, 6.07) is 9.59. The minimum Gasteiger partial charge on any atom is -0.349 e. The molecule has 1 aromatic heterocycles. The first-order chi connectivity index (χ1) is 9.20. The SMILES string of the molecule is Cc1csc(CNC(=O)C(CN)c2ccccc2)n1.Cl.Cl. The Labute approximate surface area is 141 Å². The van der Waals surface area contributed by atoms with Crippen LogP contribution >= 0.6 is 36.2 Å². The van der Waals surface area contributed by atoms with Crippen molar-refractivity contribution < 1.29 is 4.79 Å². The Hall–Kier alpha value is -1.14. The van der Waals surface area contributed by atoms with Crippen LogP contribution in [0.15, 0.2) is 35.7 Å². The summed E-state index contributed by atoms with van der Waals surface area (Å²) in [5.74, 6) is -0.358. The number of carbonyl (C=O) groups is 1. The summed E-state index contributed by atoms with van der Waals surface area (Å²) < 4.78 is 0. The highest BCUT2D eigenvalue weighted by molar-refractivity contribution is 7.09. The molecule has 1 atom stereocenters. The number of carbonyl (C=O) groups excluding carboxylic acids is 1. The van der Waals surface area contributed by atoms with Crippen molar-refractivity contribution in [1.82, 2.24) is 10.3 Å². The fourth-order valence-electron chi connectivity index (χ4n) is 1.85. The van der Waals surface area contributed by atoms with Crippen molar-refractivity contribution in [3.63, 3.8) is 0 Å². The number of aryl methyl sites for hydroxylation is 1. The molecule has 4 nitrogen and oxygen atoms in total. The van der Waals surface area contributed by atoms with Crippen molar-refractivity contribution >= 4 is 42.1 Å². The molecule has 0 fully saturated rings. The summed E-state index contributed by atoms with van der Waals surface area (Å²) in [7, 11) is 0. The van der Waals surface area contributed by atoms with E-state index in [4.69, 9.17) is 5.73 Å². The zero-order valence-electron chi connectivity index (χ0n) is 11.6. The maximum atomic E-state index is 12.1. The van der Waals surface area contributed by atoms with E-state index in [2.05, 4.69) is 10.3 Å². The standard InChI is InChI=1S/C14H17N3OS.2ClH/c1-10-9-19-13(17-10)8-16-14(18)12(7-15)11-5-3-2-4-6-11;;/h2-6,9,12H,7-8,15H2,1H3,(H,16,18);2*1H. The molecule has 0 bridgehead atoms. The Kier molecular flexibility index (Phi) is 9.21. The quantitative estimate of drug-likeness (QED) is 0.873. The van der Waals surface area contributed by atoms with Crippen LogP contribution in [0.25, 0.3) is 0 Å². The molecule has 0 aliphatic rings. The number of nitrogens with one attached hydrogen (secondary N) is 1. The van der Waals surface area contributed by atoms with E-state index in [1.807, 2.05) is 42.6 Å². The van der Waals surface area contributed by atoms with Gasteiger partial charge in [0.05, 0.1) is 12.5 Å². The van der Waals surface area contributed by atoms with Gasteiger partial charge in [-0.15, -0.1) is 36.2 Å². The van der Waals surface area contributed by atoms with Gasteiger partial charge in [0.25, 0.3) is 0 Å². The van der Waals surface area contributed by atoms with Crippen molar-refractivity contribution in [2.75, 3.05) is 6.54 Å². The van der Waals surface area contributed by atoms with Crippen molar-refractivity contribution in [1.29, 1.82) is 0 Å². The molecular formula is C14H19Cl2N3OS. The van der Waals surface area contributed by atoms with Gasteiger partial charge < -0.3 is 11.1 Å². The second kappa shape index (κ2) is 9.73. The number of rotatable bonds is 5. The largest absolute Gasteiger partial charge is 0.349 e. The molecule has 2 aromatic rings. The molecule has 7 heteroatoms. The lowest BCUT2D eigenvalue weighted by Crippen LogP contribution is -2.33. The fraction of sp³-hybridized carbons (Fsp3) is 0.286. The molecule has 1 unspecified atom stereocenters. The lowest BCUT2D eigenvalue weighted by molar-refractivity contribution is -0.122. The summed E-state index contributed by atoms with van der Waals surface area (Å²) in [5, 5.41) is 5.77. The van der Waals surface area contributed by atoms with E-state index in [-0.39, 0.29) is 36.6 Å². The van der Waals surface area contributed by atoms with E-state index in [0.717, 1.165) is 16.3 Å². The predicted octanol–water partition coefficient (Wildman–Crippen LogP) is 2.65. The van der Waals surface area contributed by atoms with Gasteiger partial charge in [0.2, 0.25) is 5.91 Å². The van der Waals surface area contributed by atoms with Crippen LogP contribution < -0.4 is 11.1 Å². The van der Waals surface area contributed by atoms with E-state index in [1.165, 1.54) is 0 Å². The molecule has 0 saturated carbocycles. The van der Waals surface area contributed by atoms with Crippen LogP contribution in [0, 0.1) is 6.92 Å². The van der Waals surface area contributed by atoms with Crippen LogP contribution in [0.4, 0.5) is 0 Å². The smallest absolute Gasteiger partial charge is 0.229 e. The van der Waals surface area contributed by atoms with E-state index in [0.29, 0.717) is 13.1 Å². The molecule has 1 amide bonds. The highest BCUT2D eigenvalue weighted by atomic mass is 35.5. The average molecular weight is 348 g/mol. The normalized spacial score (nSPS) is 11.0. The summed E-state index contributed by atoms with van der Waals surface area (Å²) >= 11 is 1.55. The molecular weight excluding hydrogens is 329 g/mol. The van der Waals surface area contributed by atoms with Gasteiger partial charge in [0, 0.05) is 17.6 Å². The highest BCUT2D eigenvalue weighted by Gasteiger charge is 2.18. The first kappa shape index (κ1) is 19.9. The summed E-state index contributed by atoms with van der Waals surface area (Å²) in [6.07, 6.45) is 0. The van der Waals surface area contributed by atoms with Crippen LogP contribution in [0.3, 0.4) is 0 Å². The molecule has 3 N–H and O–H groups in total. The number of amides is 1. The van der Waals surface area contributed by atoms with Gasteiger partial charge in [0.1, 0.15) is 5.01 Å². The van der Waals surface area contributed by atoms with Crippen LogP contribution in [0.5, 0.6) is 0 Å². The Morgan fingerprint density at radius 1 is 1.33 bits per heavy atom.